The highest BCUT2D eigenvalue weighted by Crippen LogP contribution is 2.78. The Balaban J connectivity index is 1.33. The lowest BCUT2D eigenvalue weighted by molar-refractivity contribution is -0.224. The number of carbonyl (C=O) groups is 2. The predicted molar refractivity (Wildman–Crippen MR) is 189 cm³/mol. The van der Waals surface area contributed by atoms with Gasteiger partial charge < -0.3 is 5.11 Å². The molecule has 0 aliphatic heterocycles. The molecule has 9 atom stereocenters. The van der Waals surface area contributed by atoms with Crippen molar-refractivity contribution in [2.75, 3.05) is 0 Å². The molecule has 5 aliphatic rings. The number of carboxylic acid groups (broad SMARTS) is 1. The van der Waals surface area contributed by atoms with Gasteiger partial charge in [0.25, 0.3) is 0 Å². The highest BCUT2D eigenvalue weighted by Gasteiger charge is 2.71. The Kier molecular flexibility index (Phi) is 8.41. The fourth-order valence-corrected chi connectivity index (χ4v) is 13.4. The average Bonchev–Trinajstić information content (AvgIpc) is 3.38. The molecule has 0 heterocycles. The lowest BCUT2D eigenvalue weighted by Crippen LogP contribution is -2.65. The Morgan fingerprint density at radius 1 is 0.891 bits per heavy atom. The number of rotatable bonds is 8. The van der Waals surface area contributed by atoms with E-state index in [0.717, 1.165) is 44.9 Å². The lowest BCUT2D eigenvalue weighted by atomic mass is 9.32. The van der Waals surface area contributed by atoms with Crippen LogP contribution >= 0.6 is 0 Å². The van der Waals surface area contributed by atoms with Crippen LogP contribution in [0.2, 0.25) is 0 Å². The summed E-state index contributed by atoms with van der Waals surface area (Å²) in [5, 5.41) is 9.46. The van der Waals surface area contributed by atoms with Crippen LogP contribution < -0.4 is 0 Å². The molecule has 0 unspecified atom stereocenters. The fourth-order valence-electron chi connectivity index (χ4n) is 13.4. The number of carbonyl (C=O) groups excluding carboxylic acids is 1. The number of benzene rings is 1. The second-order valence-corrected chi connectivity index (χ2v) is 18.5. The first-order chi connectivity index (χ1) is 21.5. The van der Waals surface area contributed by atoms with Crippen molar-refractivity contribution in [1.29, 1.82) is 0 Å². The molecule has 1 N–H and O–H groups in total. The zero-order valence-electron chi connectivity index (χ0n) is 30.3. The van der Waals surface area contributed by atoms with Gasteiger partial charge in [-0.2, -0.15) is 0 Å². The summed E-state index contributed by atoms with van der Waals surface area (Å²) in [7, 11) is 0. The van der Waals surface area contributed by atoms with Crippen molar-refractivity contribution in [2.45, 2.75) is 132 Å². The maximum atomic E-state index is 14.3. The van der Waals surface area contributed by atoms with E-state index >= 15 is 0 Å². The van der Waals surface area contributed by atoms with Gasteiger partial charge in [0.2, 0.25) is 0 Å². The second-order valence-electron chi connectivity index (χ2n) is 18.5. The van der Waals surface area contributed by atoms with E-state index in [1.54, 1.807) is 12.1 Å². The molecule has 46 heavy (non-hydrogen) atoms. The summed E-state index contributed by atoms with van der Waals surface area (Å²) >= 11 is 0. The summed E-state index contributed by atoms with van der Waals surface area (Å²) in [6.07, 6.45) is 16.1. The first-order valence-electron chi connectivity index (χ1n) is 18.8. The summed E-state index contributed by atoms with van der Waals surface area (Å²) in [5.74, 6) is 3.16. The van der Waals surface area contributed by atoms with Gasteiger partial charge in [0.15, 0.2) is 0 Å². The molecule has 5 aliphatic carbocycles. The molecule has 0 aromatic heterocycles. The first kappa shape index (κ1) is 33.7. The summed E-state index contributed by atoms with van der Waals surface area (Å²) in [6, 6.07) is 7.58. The fraction of sp³-hybridized carbons (Fsp3) is 0.721. The van der Waals surface area contributed by atoms with E-state index in [1.165, 1.54) is 48.8 Å². The molecule has 0 bridgehead atoms. The third kappa shape index (κ3) is 4.78. The third-order valence-electron chi connectivity index (χ3n) is 15.8. The molecule has 4 fully saturated rings. The van der Waals surface area contributed by atoms with Crippen molar-refractivity contribution in [3.63, 3.8) is 0 Å². The maximum Gasteiger partial charge on any atom is 0.335 e. The zero-order chi connectivity index (χ0) is 33.4. The Morgan fingerprint density at radius 3 is 2.22 bits per heavy atom. The Bertz CT molecular complexity index is 1410. The molecule has 3 nitrogen and oxygen atoms in total. The Labute approximate surface area is 280 Å². The number of carboxylic acids is 1. The molecule has 3 heteroatoms. The van der Waals surface area contributed by atoms with Gasteiger partial charge in [-0.1, -0.05) is 85.2 Å². The first-order valence-corrected chi connectivity index (χ1v) is 18.8. The monoisotopic (exact) mass is 626 g/mol. The minimum atomic E-state index is -0.866. The standard InChI is InChI=1S/C43H62O3/c1-27(2)11-10-12-36(44)43-24-19-31(28(3)4)37(43)33-17-18-35-40(7)22-20-32(29-13-15-30(16-14-29)38(45)46)39(5,6)34(40)21-23-42(35,9)41(33,8)25-26-43/h13-16,20,27,31,33-35,37H,3,10-12,17-19,21-26H2,1-2,4-9H3,(H,45,46)/t31-,33+,34-,35+,37+,40-,41+,42+,43+/m0/s1. The van der Waals surface area contributed by atoms with Crippen LogP contribution in [0.1, 0.15) is 148 Å². The van der Waals surface area contributed by atoms with Crippen LogP contribution in [0.5, 0.6) is 0 Å². The minimum absolute atomic E-state index is 0.0114. The lowest BCUT2D eigenvalue weighted by Gasteiger charge is -2.72. The van der Waals surface area contributed by atoms with Gasteiger partial charge in [-0.05, 0) is 152 Å². The second kappa shape index (κ2) is 11.5. The van der Waals surface area contributed by atoms with Crippen LogP contribution in [0, 0.1) is 62.6 Å². The summed E-state index contributed by atoms with van der Waals surface area (Å²) in [4.78, 5) is 25.9. The summed E-state index contributed by atoms with van der Waals surface area (Å²) in [6.45, 7) is 24.2. The van der Waals surface area contributed by atoms with Gasteiger partial charge in [0.05, 0.1) is 5.56 Å². The van der Waals surface area contributed by atoms with E-state index in [2.05, 4.69) is 68.0 Å². The van der Waals surface area contributed by atoms with Gasteiger partial charge >= 0.3 is 5.97 Å². The summed E-state index contributed by atoms with van der Waals surface area (Å²) in [5.41, 5.74) is 4.82. The summed E-state index contributed by atoms with van der Waals surface area (Å²) < 4.78 is 0. The van der Waals surface area contributed by atoms with E-state index < -0.39 is 5.97 Å². The highest BCUT2D eigenvalue weighted by atomic mass is 16.4. The number of hydrogen-bond acceptors (Lipinski definition) is 2. The minimum Gasteiger partial charge on any atom is -0.478 e. The Hall–Kier alpha value is -2.16. The zero-order valence-corrected chi connectivity index (χ0v) is 30.3. The van der Waals surface area contributed by atoms with Crippen LogP contribution in [0.3, 0.4) is 0 Å². The van der Waals surface area contributed by atoms with Gasteiger partial charge in [0.1, 0.15) is 5.78 Å². The largest absolute Gasteiger partial charge is 0.478 e. The third-order valence-corrected chi connectivity index (χ3v) is 15.8. The normalized spacial score (nSPS) is 41.1. The Morgan fingerprint density at radius 2 is 1.59 bits per heavy atom. The van der Waals surface area contributed by atoms with Gasteiger partial charge in [-0.3, -0.25) is 4.79 Å². The highest BCUT2D eigenvalue weighted by molar-refractivity contribution is 5.88. The molecular weight excluding hydrogens is 564 g/mol. The van der Waals surface area contributed by atoms with Crippen molar-refractivity contribution in [1.82, 2.24) is 0 Å². The SMILES string of the molecule is C=C(C)[C@@H]1CC[C@]2(C(=O)CCCC(C)C)CC[C@]3(C)[C@H](CC[C@@H]4[C@@]5(C)CC=C(c6ccc(C(=O)O)cc6)C(C)(C)[C@@H]5CC[C@]43C)[C@@H]12. The van der Waals surface area contributed by atoms with Crippen molar-refractivity contribution < 1.29 is 14.7 Å². The van der Waals surface area contributed by atoms with Crippen LogP contribution in [0.25, 0.3) is 5.57 Å². The number of ketones is 1. The number of aromatic carboxylic acids is 1. The molecule has 252 valence electrons. The molecule has 1 aromatic rings. The van der Waals surface area contributed by atoms with E-state index in [1.807, 2.05) is 12.1 Å². The molecule has 0 spiro atoms. The van der Waals surface area contributed by atoms with Crippen molar-refractivity contribution in [2.24, 2.45) is 62.6 Å². The number of hydrogen-bond donors (Lipinski definition) is 1. The molecule has 0 radical (unpaired) electrons. The van der Waals surface area contributed by atoms with Crippen LogP contribution in [0.15, 0.2) is 42.5 Å². The van der Waals surface area contributed by atoms with Crippen molar-refractivity contribution in [3.8, 4) is 0 Å². The maximum absolute atomic E-state index is 14.3. The van der Waals surface area contributed by atoms with Gasteiger partial charge in [-0.15, -0.1) is 0 Å². The molecule has 0 amide bonds. The topological polar surface area (TPSA) is 54.4 Å². The van der Waals surface area contributed by atoms with Crippen LogP contribution in [0.4, 0.5) is 0 Å². The molecule has 4 saturated carbocycles. The van der Waals surface area contributed by atoms with E-state index in [0.29, 0.717) is 46.9 Å². The smallest absolute Gasteiger partial charge is 0.335 e. The van der Waals surface area contributed by atoms with Gasteiger partial charge in [-0.25, -0.2) is 4.79 Å². The molecule has 6 rings (SSSR count). The van der Waals surface area contributed by atoms with E-state index in [-0.39, 0.29) is 27.1 Å². The number of fused-ring (bicyclic) bond motifs is 7. The predicted octanol–water partition coefficient (Wildman–Crippen LogP) is 11.4. The quantitative estimate of drug-likeness (QED) is 0.292. The van der Waals surface area contributed by atoms with Crippen LogP contribution in [-0.2, 0) is 4.79 Å². The van der Waals surface area contributed by atoms with Gasteiger partial charge in [0, 0.05) is 11.8 Å². The average molecular weight is 627 g/mol. The van der Waals surface area contributed by atoms with E-state index in [9.17, 15) is 14.7 Å². The van der Waals surface area contributed by atoms with Crippen LogP contribution in [-0.4, -0.2) is 16.9 Å². The molecule has 1 aromatic carbocycles. The van der Waals surface area contributed by atoms with Crippen molar-refractivity contribution >= 4 is 17.3 Å². The molecular formula is C43H62O3. The molecule has 0 saturated heterocycles. The van der Waals surface area contributed by atoms with E-state index in [4.69, 9.17) is 0 Å². The number of Topliss-reactive ketones (excluding diaryl/α,β-unsaturated/α-hetero) is 1. The van der Waals surface area contributed by atoms with Crippen molar-refractivity contribution in [3.05, 3.63) is 53.6 Å². The number of allylic oxidation sites excluding steroid dienone is 3.